The van der Waals surface area contributed by atoms with Crippen LogP contribution in [0.4, 0.5) is 0 Å². The summed E-state index contributed by atoms with van der Waals surface area (Å²) in [7, 11) is 0. The van der Waals surface area contributed by atoms with E-state index in [-0.39, 0.29) is 18.4 Å². The first kappa shape index (κ1) is 19.1. The summed E-state index contributed by atoms with van der Waals surface area (Å²) in [5.41, 5.74) is 1.77. The first-order valence-corrected chi connectivity index (χ1v) is 9.07. The molecule has 2 N–H and O–H groups in total. The van der Waals surface area contributed by atoms with E-state index in [2.05, 4.69) is 22.3 Å². The molecule has 0 saturated carbocycles. The maximum atomic E-state index is 12.4. The first-order valence-electron chi connectivity index (χ1n) is 9.07. The largest absolute Gasteiger partial charge is 0.479 e. The van der Waals surface area contributed by atoms with Gasteiger partial charge in [-0.1, -0.05) is 60.7 Å². The SMILES string of the molecule is O=C(CC1CN(Cc2ccccc2)CCO1)N[C@H](C(=O)O)c1ccccc1. The van der Waals surface area contributed by atoms with Gasteiger partial charge in [-0.15, -0.1) is 0 Å². The number of rotatable bonds is 7. The van der Waals surface area contributed by atoms with Crippen molar-refractivity contribution < 1.29 is 19.4 Å². The van der Waals surface area contributed by atoms with E-state index in [0.29, 0.717) is 18.7 Å². The first-order chi connectivity index (χ1) is 13.1. The fourth-order valence-corrected chi connectivity index (χ4v) is 3.25. The number of hydrogen-bond donors (Lipinski definition) is 2. The number of benzene rings is 2. The van der Waals surface area contributed by atoms with Gasteiger partial charge in [0.15, 0.2) is 6.04 Å². The van der Waals surface area contributed by atoms with Gasteiger partial charge in [0.05, 0.1) is 19.1 Å². The van der Waals surface area contributed by atoms with Gasteiger partial charge in [0, 0.05) is 19.6 Å². The predicted molar refractivity (Wildman–Crippen MR) is 101 cm³/mol. The molecule has 3 rings (SSSR count). The highest BCUT2D eigenvalue weighted by molar-refractivity contribution is 5.84. The number of nitrogens with zero attached hydrogens (tertiary/aromatic N) is 1. The number of nitrogens with one attached hydrogen (secondary N) is 1. The van der Waals surface area contributed by atoms with Crippen LogP contribution in [0.2, 0.25) is 0 Å². The molecule has 0 aromatic heterocycles. The normalized spacial score (nSPS) is 18.6. The second-order valence-electron chi connectivity index (χ2n) is 6.67. The molecule has 142 valence electrons. The smallest absolute Gasteiger partial charge is 0.330 e. The molecule has 1 fully saturated rings. The average molecular weight is 368 g/mol. The van der Waals surface area contributed by atoms with Crippen molar-refractivity contribution in [2.24, 2.45) is 0 Å². The Kier molecular flexibility index (Phi) is 6.57. The molecule has 1 amide bonds. The third-order valence-electron chi connectivity index (χ3n) is 4.57. The van der Waals surface area contributed by atoms with Crippen LogP contribution in [-0.2, 0) is 20.9 Å². The highest BCUT2D eigenvalue weighted by Crippen LogP contribution is 2.15. The molecule has 0 spiro atoms. The molecule has 1 saturated heterocycles. The average Bonchev–Trinajstić information content (AvgIpc) is 2.68. The van der Waals surface area contributed by atoms with Gasteiger partial charge in [0.2, 0.25) is 5.91 Å². The Bertz CT molecular complexity index is 751. The second kappa shape index (κ2) is 9.30. The number of aliphatic carboxylic acids is 1. The lowest BCUT2D eigenvalue weighted by atomic mass is 10.1. The predicted octanol–water partition coefficient (Wildman–Crippen LogP) is 2.22. The fraction of sp³-hybridized carbons (Fsp3) is 0.333. The molecule has 0 bridgehead atoms. The highest BCUT2D eigenvalue weighted by atomic mass is 16.5. The molecular formula is C21H24N2O4. The van der Waals surface area contributed by atoms with E-state index in [1.807, 2.05) is 18.2 Å². The number of carbonyl (C=O) groups excluding carboxylic acids is 1. The van der Waals surface area contributed by atoms with Crippen LogP contribution in [0.5, 0.6) is 0 Å². The maximum Gasteiger partial charge on any atom is 0.330 e. The Balaban J connectivity index is 1.54. The Labute approximate surface area is 158 Å². The molecule has 0 aliphatic carbocycles. The summed E-state index contributed by atoms with van der Waals surface area (Å²) in [6.45, 7) is 2.83. The molecule has 27 heavy (non-hydrogen) atoms. The number of morpholine rings is 1. The summed E-state index contributed by atoms with van der Waals surface area (Å²) >= 11 is 0. The zero-order valence-corrected chi connectivity index (χ0v) is 15.1. The van der Waals surface area contributed by atoms with E-state index >= 15 is 0 Å². The van der Waals surface area contributed by atoms with E-state index in [1.165, 1.54) is 5.56 Å². The van der Waals surface area contributed by atoms with E-state index in [0.717, 1.165) is 13.1 Å². The van der Waals surface area contributed by atoms with Crippen molar-refractivity contribution in [1.82, 2.24) is 10.2 Å². The molecule has 6 heteroatoms. The lowest BCUT2D eigenvalue weighted by Gasteiger charge is -2.32. The third kappa shape index (κ3) is 5.64. The van der Waals surface area contributed by atoms with Gasteiger partial charge < -0.3 is 15.2 Å². The van der Waals surface area contributed by atoms with E-state index in [1.54, 1.807) is 30.3 Å². The van der Waals surface area contributed by atoms with Crippen molar-refractivity contribution in [2.45, 2.75) is 25.1 Å². The summed E-state index contributed by atoms with van der Waals surface area (Å²) in [6.07, 6.45) is -0.102. The van der Waals surface area contributed by atoms with Crippen LogP contribution in [-0.4, -0.2) is 47.7 Å². The number of carboxylic acid groups (broad SMARTS) is 1. The summed E-state index contributed by atoms with van der Waals surface area (Å²) in [6, 6.07) is 17.8. The molecule has 2 atom stereocenters. The monoisotopic (exact) mass is 368 g/mol. The molecule has 2 aromatic carbocycles. The Hall–Kier alpha value is -2.70. The van der Waals surface area contributed by atoms with Gasteiger partial charge in [0.1, 0.15) is 0 Å². The highest BCUT2D eigenvalue weighted by Gasteiger charge is 2.26. The van der Waals surface area contributed by atoms with Crippen LogP contribution in [0.1, 0.15) is 23.6 Å². The molecule has 6 nitrogen and oxygen atoms in total. The molecule has 2 aromatic rings. The van der Waals surface area contributed by atoms with Crippen molar-refractivity contribution in [2.75, 3.05) is 19.7 Å². The molecule has 1 unspecified atom stereocenters. The van der Waals surface area contributed by atoms with Crippen LogP contribution in [0.15, 0.2) is 60.7 Å². The molecule has 1 aliphatic rings. The zero-order valence-electron chi connectivity index (χ0n) is 15.1. The van der Waals surface area contributed by atoms with Crippen LogP contribution >= 0.6 is 0 Å². The van der Waals surface area contributed by atoms with Gasteiger partial charge in [0.25, 0.3) is 0 Å². The zero-order chi connectivity index (χ0) is 19.1. The van der Waals surface area contributed by atoms with Gasteiger partial charge >= 0.3 is 5.97 Å². The second-order valence-corrected chi connectivity index (χ2v) is 6.67. The topological polar surface area (TPSA) is 78.9 Å². The van der Waals surface area contributed by atoms with Crippen LogP contribution in [0.3, 0.4) is 0 Å². The third-order valence-corrected chi connectivity index (χ3v) is 4.57. The van der Waals surface area contributed by atoms with E-state index in [9.17, 15) is 14.7 Å². The Morgan fingerprint density at radius 2 is 1.78 bits per heavy atom. The molecule has 1 aliphatic heterocycles. The number of hydrogen-bond acceptors (Lipinski definition) is 4. The summed E-state index contributed by atoms with van der Waals surface area (Å²) in [4.78, 5) is 26.2. The standard InChI is InChI=1S/C21H24N2O4/c24-19(22-20(21(25)26)17-9-5-2-6-10-17)13-18-15-23(11-12-27-18)14-16-7-3-1-4-8-16/h1-10,18,20H,11-15H2,(H,22,24)(H,25,26)/t18?,20-/m0/s1. The maximum absolute atomic E-state index is 12.4. The van der Waals surface area contributed by atoms with Crippen LogP contribution in [0.25, 0.3) is 0 Å². The van der Waals surface area contributed by atoms with E-state index in [4.69, 9.17) is 4.74 Å². The van der Waals surface area contributed by atoms with Crippen molar-refractivity contribution >= 4 is 11.9 Å². The van der Waals surface area contributed by atoms with Gasteiger partial charge in [-0.2, -0.15) is 0 Å². The van der Waals surface area contributed by atoms with Crippen LogP contribution < -0.4 is 5.32 Å². The molecule has 0 radical (unpaired) electrons. The number of carbonyl (C=O) groups is 2. The molecule has 1 heterocycles. The summed E-state index contributed by atoms with van der Waals surface area (Å²) in [5, 5.41) is 12.0. The fourth-order valence-electron chi connectivity index (χ4n) is 3.25. The minimum atomic E-state index is -1.08. The van der Waals surface area contributed by atoms with Crippen molar-refractivity contribution in [1.29, 1.82) is 0 Å². The molecular weight excluding hydrogens is 344 g/mol. The number of ether oxygens (including phenoxy) is 1. The van der Waals surface area contributed by atoms with Crippen molar-refractivity contribution in [3.63, 3.8) is 0 Å². The summed E-state index contributed by atoms with van der Waals surface area (Å²) < 4.78 is 5.71. The van der Waals surface area contributed by atoms with E-state index < -0.39 is 12.0 Å². The minimum absolute atomic E-state index is 0.141. The quantitative estimate of drug-likeness (QED) is 0.783. The lowest BCUT2D eigenvalue weighted by molar-refractivity contribution is -0.142. The van der Waals surface area contributed by atoms with Crippen molar-refractivity contribution in [3.05, 3.63) is 71.8 Å². The Morgan fingerprint density at radius 1 is 1.11 bits per heavy atom. The summed E-state index contributed by atoms with van der Waals surface area (Å²) in [5.74, 6) is -1.40. The van der Waals surface area contributed by atoms with Gasteiger partial charge in [-0.25, -0.2) is 4.79 Å². The number of carboxylic acids is 1. The lowest BCUT2D eigenvalue weighted by Crippen LogP contribution is -2.44. The van der Waals surface area contributed by atoms with Gasteiger partial charge in [-0.3, -0.25) is 9.69 Å². The minimum Gasteiger partial charge on any atom is -0.479 e. The number of amides is 1. The van der Waals surface area contributed by atoms with Gasteiger partial charge in [-0.05, 0) is 11.1 Å². The van der Waals surface area contributed by atoms with Crippen LogP contribution in [0, 0.1) is 0 Å². The van der Waals surface area contributed by atoms with Crippen molar-refractivity contribution in [3.8, 4) is 0 Å². The Morgan fingerprint density at radius 3 is 2.44 bits per heavy atom.